The summed E-state index contributed by atoms with van der Waals surface area (Å²) in [5, 5.41) is 10.9. The summed E-state index contributed by atoms with van der Waals surface area (Å²) in [7, 11) is -2.50. The van der Waals surface area contributed by atoms with Crippen LogP contribution in [-0.2, 0) is 26.6 Å². The largest absolute Gasteiger partial charge is 0.451 e. The minimum absolute atomic E-state index is 0.00721. The van der Waals surface area contributed by atoms with Crippen LogP contribution in [0.15, 0.2) is 94.6 Å². The lowest BCUT2D eigenvalue weighted by molar-refractivity contribution is -0.119. The van der Waals surface area contributed by atoms with E-state index in [4.69, 9.17) is 16.3 Å². The number of nitrogens with one attached hydrogen (secondary N) is 2. The molecule has 0 aliphatic carbocycles. The Morgan fingerprint density at radius 1 is 0.907 bits per heavy atom. The normalized spacial score (nSPS) is 11.2. The quantitative estimate of drug-likeness (QED) is 0.241. The highest BCUT2D eigenvalue weighted by atomic mass is 35.5. The van der Waals surface area contributed by atoms with E-state index in [1.807, 2.05) is 31.2 Å². The standard InChI is InChI=1S/C30H24ClN5O6S/c1-18-7-9-19(10-8-18)27-22-5-3-4-6-23(22)29(38)36(2)28(27)30(39)42-17-26(37)32-20-11-13-21(14-12-20)43(40,41)35-25-16-15-24(31)33-34-25/h3-16H,17H2,1-2H3,(H,32,37)(H,34,35). The highest BCUT2D eigenvalue weighted by Gasteiger charge is 2.24. The molecule has 43 heavy (non-hydrogen) atoms. The van der Waals surface area contributed by atoms with Crippen molar-refractivity contribution in [2.45, 2.75) is 11.8 Å². The Morgan fingerprint density at radius 2 is 1.58 bits per heavy atom. The number of pyridine rings is 1. The zero-order valence-electron chi connectivity index (χ0n) is 22.9. The van der Waals surface area contributed by atoms with Gasteiger partial charge in [-0.15, -0.1) is 10.2 Å². The van der Waals surface area contributed by atoms with Gasteiger partial charge in [-0.2, -0.15) is 0 Å². The molecule has 2 aromatic heterocycles. The van der Waals surface area contributed by atoms with Crippen molar-refractivity contribution in [1.82, 2.24) is 14.8 Å². The maximum Gasteiger partial charge on any atom is 0.356 e. The Morgan fingerprint density at radius 3 is 2.23 bits per heavy atom. The van der Waals surface area contributed by atoms with Gasteiger partial charge >= 0.3 is 5.97 Å². The lowest BCUT2D eigenvalue weighted by atomic mass is 9.96. The molecule has 2 heterocycles. The maximum absolute atomic E-state index is 13.4. The third-order valence-electron chi connectivity index (χ3n) is 6.49. The van der Waals surface area contributed by atoms with Gasteiger partial charge in [0.1, 0.15) is 5.69 Å². The molecule has 0 radical (unpaired) electrons. The van der Waals surface area contributed by atoms with Crippen LogP contribution in [0.3, 0.4) is 0 Å². The molecule has 3 aromatic carbocycles. The molecule has 0 atom stereocenters. The van der Waals surface area contributed by atoms with E-state index in [-0.39, 0.29) is 32.8 Å². The molecule has 0 spiro atoms. The zero-order chi connectivity index (χ0) is 30.7. The molecule has 11 nitrogen and oxygen atoms in total. The number of aromatic nitrogens is 3. The molecule has 0 fully saturated rings. The van der Waals surface area contributed by atoms with Crippen LogP contribution in [0.25, 0.3) is 21.9 Å². The van der Waals surface area contributed by atoms with Crippen molar-refractivity contribution in [2.24, 2.45) is 7.05 Å². The molecule has 5 rings (SSSR count). The molecule has 218 valence electrons. The monoisotopic (exact) mass is 617 g/mol. The van der Waals surface area contributed by atoms with Crippen molar-refractivity contribution in [3.8, 4) is 11.1 Å². The first-order valence-electron chi connectivity index (χ1n) is 12.8. The molecule has 13 heteroatoms. The Bertz CT molecular complexity index is 2010. The highest BCUT2D eigenvalue weighted by Crippen LogP contribution is 2.31. The molecule has 0 saturated carbocycles. The number of sulfonamides is 1. The van der Waals surface area contributed by atoms with Crippen LogP contribution >= 0.6 is 11.6 Å². The third-order valence-corrected chi connectivity index (χ3v) is 8.06. The number of carbonyl (C=O) groups excluding carboxylic acids is 2. The lowest BCUT2D eigenvalue weighted by Gasteiger charge is -2.17. The minimum atomic E-state index is -3.98. The van der Waals surface area contributed by atoms with E-state index in [0.29, 0.717) is 21.9 Å². The van der Waals surface area contributed by atoms with Gasteiger partial charge in [0, 0.05) is 23.7 Å². The number of hydrogen-bond donors (Lipinski definition) is 2. The van der Waals surface area contributed by atoms with Crippen molar-refractivity contribution in [3.05, 3.63) is 112 Å². The summed E-state index contributed by atoms with van der Waals surface area (Å²) in [6.45, 7) is 1.29. The van der Waals surface area contributed by atoms with Gasteiger partial charge in [-0.25, -0.2) is 13.2 Å². The Labute approximate surface area is 251 Å². The number of rotatable bonds is 8. The van der Waals surface area contributed by atoms with Crippen LogP contribution in [0.4, 0.5) is 11.5 Å². The predicted molar refractivity (Wildman–Crippen MR) is 163 cm³/mol. The number of anilines is 2. The van der Waals surface area contributed by atoms with Crippen molar-refractivity contribution in [3.63, 3.8) is 0 Å². The van der Waals surface area contributed by atoms with Crippen molar-refractivity contribution < 1.29 is 22.7 Å². The summed E-state index contributed by atoms with van der Waals surface area (Å²) >= 11 is 5.67. The van der Waals surface area contributed by atoms with Crippen molar-refractivity contribution in [2.75, 3.05) is 16.6 Å². The summed E-state index contributed by atoms with van der Waals surface area (Å²) in [5.41, 5.74) is 2.14. The summed E-state index contributed by atoms with van der Waals surface area (Å²) < 4.78 is 34.1. The van der Waals surface area contributed by atoms with Crippen LogP contribution in [0, 0.1) is 6.92 Å². The third kappa shape index (κ3) is 6.40. The summed E-state index contributed by atoms with van der Waals surface area (Å²) in [6, 6.07) is 22.6. The van der Waals surface area contributed by atoms with Crippen LogP contribution in [0.1, 0.15) is 16.1 Å². The highest BCUT2D eigenvalue weighted by molar-refractivity contribution is 7.92. The summed E-state index contributed by atoms with van der Waals surface area (Å²) in [5.74, 6) is -1.53. The lowest BCUT2D eigenvalue weighted by Crippen LogP contribution is -2.28. The molecular formula is C30H24ClN5O6S. The second kappa shape index (κ2) is 12.0. The first kappa shape index (κ1) is 29.4. The zero-order valence-corrected chi connectivity index (χ0v) is 24.4. The smallest absolute Gasteiger partial charge is 0.356 e. The van der Waals surface area contributed by atoms with E-state index in [0.717, 1.165) is 5.56 Å². The number of esters is 1. The maximum atomic E-state index is 13.4. The molecule has 0 unspecified atom stereocenters. The second-order valence-electron chi connectivity index (χ2n) is 9.49. The van der Waals surface area contributed by atoms with Crippen LogP contribution in [0.2, 0.25) is 5.15 Å². The minimum Gasteiger partial charge on any atom is -0.451 e. The molecule has 0 saturated heterocycles. The van der Waals surface area contributed by atoms with Crippen LogP contribution in [-0.4, -0.2) is 41.7 Å². The van der Waals surface area contributed by atoms with E-state index in [2.05, 4.69) is 20.2 Å². The topological polar surface area (TPSA) is 149 Å². The number of amides is 1. The number of hydrogen-bond acceptors (Lipinski definition) is 8. The van der Waals surface area contributed by atoms with Gasteiger partial charge < -0.3 is 14.6 Å². The van der Waals surface area contributed by atoms with Gasteiger partial charge in [-0.1, -0.05) is 59.6 Å². The fourth-order valence-electron chi connectivity index (χ4n) is 4.40. The van der Waals surface area contributed by atoms with Gasteiger partial charge in [-0.05, 0) is 60.3 Å². The number of halogens is 1. The molecule has 2 N–H and O–H groups in total. The predicted octanol–water partition coefficient (Wildman–Crippen LogP) is 4.55. The van der Waals surface area contributed by atoms with Gasteiger partial charge in [0.05, 0.1) is 4.90 Å². The summed E-state index contributed by atoms with van der Waals surface area (Å²) in [4.78, 5) is 39.0. The Balaban J connectivity index is 1.31. The second-order valence-corrected chi connectivity index (χ2v) is 11.6. The average Bonchev–Trinajstić information content (AvgIpc) is 2.99. The molecule has 1 amide bonds. The first-order chi connectivity index (χ1) is 20.5. The van der Waals surface area contributed by atoms with Crippen molar-refractivity contribution in [1.29, 1.82) is 0 Å². The SMILES string of the molecule is Cc1ccc(-c2c(C(=O)OCC(=O)Nc3ccc(S(=O)(=O)Nc4ccc(Cl)nn4)cc3)n(C)c(=O)c3ccccc23)cc1. The number of benzene rings is 3. The Hall–Kier alpha value is -5.07. The fourth-order valence-corrected chi connectivity index (χ4v) is 5.49. The van der Waals surface area contributed by atoms with Gasteiger partial charge in [0.2, 0.25) is 0 Å². The fraction of sp³-hybridized carbons (Fsp3) is 0.100. The molecule has 0 aliphatic rings. The molecule has 0 aliphatic heterocycles. The van der Waals surface area contributed by atoms with E-state index in [1.54, 1.807) is 24.3 Å². The first-order valence-corrected chi connectivity index (χ1v) is 14.7. The molecule has 5 aromatic rings. The van der Waals surface area contributed by atoms with E-state index >= 15 is 0 Å². The van der Waals surface area contributed by atoms with E-state index in [9.17, 15) is 22.8 Å². The number of aryl methyl sites for hydroxylation is 1. The van der Waals surface area contributed by atoms with Gasteiger partial charge in [-0.3, -0.25) is 14.3 Å². The van der Waals surface area contributed by atoms with Gasteiger partial charge in [0.25, 0.3) is 21.5 Å². The Kier molecular flexibility index (Phi) is 8.24. The number of nitrogens with zero attached hydrogens (tertiary/aromatic N) is 3. The number of carbonyl (C=O) groups is 2. The average molecular weight is 618 g/mol. The molecular weight excluding hydrogens is 594 g/mol. The van der Waals surface area contributed by atoms with E-state index < -0.39 is 28.5 Å². The van der Waals surface area contributed by atoms with Crippen molar-refractivity contribution >= 4 is 55.8 Å². The molecule has 0 bridgehead atoms. The van der Waals surface area contributed by atoms with E-state index in [1.165, 1.54) is 48.0 Å². The number of fused-ring (bicyclic) bond motifs is 1. The van der Waals surface area contributed by atoms with Gasteiger partial charge in [0.15, 0.2) is 17.6 Å². The van der Waals surface area contributed by atoms with Crippen LogP contribution in [0.5, 0.6) is 0 Å². The number of ether oxygens (including phenoxy) is 1. The van der Waals surface area contributed by atoms with Crippen LogP contribution < -0.4 is 15.6 Å². The summed E-state index contributed by atoms with van der Waals surface area (Å²) in [6.07, 6.45) is 0.